The van der Waals surface area contributed by atoms with Crippen LogP contribution < -0.4 is 10.6 Å². The zero-order chi connectivity index (χ0) is 19.6. The number of aliphatic imine (C=N–C) groups is 1. The van der Waals surface area contributed by atoms with Gasteiger partial charge in [-0.25, -0.2) is 0 Å². The third-order valence-electron chi connectivity index (χ3n) is 5.29. The Labute approximate surface area is 191 Å². The van der Waals surface area contributed by atoms with Crippen molar-refractivity contribution in [1.82, 2.24) is 20.4 Å². The van der Waals surface area contributed by atoms with Crippen molar-refractivity contribution in [2.24, 2.45) is 4.99 Å². The number of nitrogens with zero attached hydrogens (tertiary/aromatic N) is 3. The Morgan fingerprint density at radius 3 is 2.66 bits per heavy atom. The molecule has 0 radical (unpaired) electrons. The lowest BCUT2D eigenvalue weighted by Gasteiger charge is -2.32. The minimum Gasteiger partial charge on any atom is -0.379 e. The van der Waals surface area contributed by atoms with Crippen molar-refractivity contribution in [3.05, 3.63) is 35.9 Å². The molecule has 2 fully saturated rings. The summed E-state index contributed by atoms with van der Waals surface area (Å²) in [4.78, 5) is 21.7. The van der Waals surface area contributed by atoms with E-state index in [1.165, 1.54) is 0 Å². The number of hydrogen-bond acceptors (Lipinski definition) is 4. The Morgan fingerprint density at radius 2 is 1.93 bits per heavy atom. The van der Waals surface area contributed by atoms with Crippen molar-refractivity contribution in [1.29, 1.82) is 0 Å². The highest BCUT2D eigenvalue weighted by atomic mass is 127. The predicted molar refractivity (Wildman–Crippen MR) is 127 cm³/mol. The minimum atomic E-state index is 0. The standard InChI is InChI=1S/C21H33N5O2.HI/c1-2-22-21(26-11-9-19(17-26)25-12-14-28-15-13-25)23-10-8-20(27)24-16-18-6-4-3-5-7-18;/h3-7,19H,2,8-17H2,1H3,(H,22,23)(H,24,27);1H. The fraction of sp³-hybridized carbons (Fsp3) is 0.619. The molecule has 29 heavy (non-hydrogen) atoms. The number of rotatable bonds is 7. The van der Waals surface area contributed by atoms with E-state index in [1.807, 2.05) is 30.3 Å². The first-order valence-electron chi connectivity index (χ1n) is 10.4. The summed E-state index contributed by atoms with van der Waals surface area (Å²) in [6.45, 7) is 9.70. The van der Waals surface area contributed by atoms with Gasteiger partial charge in [-0.1, -0.05) is 30.3 Å². The maximum absolute atomic E-state index is 12.1. The topological polar surface area (TPSA) is 69.2 Å². The molecule has 0 spiro atoms. The second-order valence-electron chi connectivity index (χ2n) is 7.28. The number of likely N-dealkylation sites (tertiary alicyclic amines) is 1. The van der Waals surface area contributed by atoms with Crippen LogP contribution in [-0.2, 0) is 16.1 Å². The van der Waals surface area contributed by atoms with E-state index in [0.717, 1.165) is 63.9 Å². The highest BCUT2D eigenvalue weighted by Crippen LogP contribution is 2.17. The van der Waals surface area contributed by atoms with Crippen molar-refractivity contribution in [2.45, 2.75) is 32.4 Å². The molecule has 8 heteroatoms. The van der Waals surface area contributed by atoms with Crippen LogP contribution in [0.5, 0.6) is 0 Å². The average molecular weight is 515 g/mol. The third-order valence-corrected chi connectivity index (χ3v) is 5.29. The molecular weight excluding hydrogens is 481 g/mol. The van der Waals surface area contributed by atoms with Crippen molar-refractivity contribution in [2.75, 3.05) is 52.5 Å². The molecule has 1 aromatic carbocycles. The molecule has 2 N–H and O–H groups in total. The molecule has 7 nitrogen and oxygen atoms in total. The van der Waals surface area contributed by atoms with Gasteiger partial charge in [0.2, 0.25) is 5.91 Å². The maximum atomic E-state index is 12.1. The Morgan fingerprint density at radius 1 is 1.17 bits per heavy atom. The quantitative estimate of drug-likeness (QED) is 0.329. The molecule has 3 rings (SSSR count). The van der Waals surface area contributed by atoms with E-state index in [-0.39, 0.29) is 29.9 Å². The molecule has 1 unspecified atom stereocenters. The zero-order valence-corrected chi connectivity index (χ0v) is 19.6. The van der Waals surface area contributed by atoms with Gasteiger partial charge in [0.05, 0.1) is 19.8 Å². The molecule has 2 aliphatic rings. The van der Waals surface area contributed by atoms with Crippen LogP contribution in [0.3, 0.4) is 0 Å². The van der Waals surface area contributed by atoms with E-state index in [4.69, 9.17) is 9.73 Å². The number of nitrogens with one attached hydrogen (secondary N) is 2. The van der Waals surface area contributed by atoms with Gasteiger partial charge < -0.3 is 20.3 Å². The summed E-state index contributed by atoms with van der Waals surface area (Å²) in [6.07, 6.45) is 1.56. The molecule has 0 aromatic heterocycles. The summed E-state index contributed by atoms with van der Waals surface area (Å²) < 4.78 is 5.47. The summed E-state index contributed by atoms with van der Waals surface area (Å²) in [6, 6.07) is 10.5. The van der Waals surface area contributed by atoms with Gasteiger partial charge in [0.1, 0.15) is 0 Å². The normalized spacial score (nSPS) is 20.2. The average Bonchev–Trinajstić information content (AvgIpc) is 3.23. The zero-order valence-electron chi connectivity index (χ0n) is 17.3. The number of carbonyl (C=O) groups excluding carboxylic acids is 1. The molecule has 1 aromatic rings. The van der Waals surface area contributed by atoms with Crippen LogP contribution >= 0.6 is 24.0 Å². The van der Waals surface area contributed by atoms with Gasteiger partial charge in [-0.05, 0) is 18.9 Å². The second kappa shape index (κ2) is 13.0. The van der Waals surface area contributed by atoms with Crippen LogP contribution in [0.4, 0.5) is 0 Å². The highest BCUT2D eigenvalue weighted by Gasteiger charge is 2.30. The van der Waals surface area contributed by atoms with E-state index in [1.54, 1.807) is 0 Å². The monoisotopic (exact) mass is 515 g/mol. The Balaban J connectivity index is 0.00000300. The Kier molecular flexibility index (Phi) is 10.7. The number of hydrogen-bond donors (Lipinski definition) is 2. The maximum Gasteiger partial charge on any atom is 0.222 e. The largest absolute Gasteiger partial charge is 0.379 e. The first-order chi connectivity index (χ1) is 13.8. The number of carbonyl (C=O) groups is 1. The van der Waals surface area contributed by atoms with Crippen molar-refractivity contribution in [3.8, 4) is 0 Å². The molecular formula is C21H34IN5O2. The van der Waals surface area contributed by atoms with E-state index < -0.39 is 0 Å². The van der Waals surface area contributed by atoms with Crippen molar-refractivity contribution < 1.29 is 9.53 Å². The smallest absolute Gasteiger partial charge is 0.222 e. The van der Waals surface area contributed by atoms with Crippen LogP contribution in [0.2, 0.25) is 0 Å². The lowest BCUT2D eigenvalue weighted by atomic mass is 10.2. The second-order valence-corrected chi connectivity index (χ2v) is 7.28. The molecule has 0 saturated carbocycles. The van der Waals surface area contributed by atoms with Gasteiger partial charge >= 0.3 is 0 Å². The van der Waals surface area contributed by atoms with Crippen LogP contribution in [0.15, 0.2) is 35.3 Å². The van der Waals surface area contributed by atoms with Gasteiger partial charge in [-0.3, -0.25) is 14.7 Å². The summed E-state index contributed by atoms with van der Waals surface area (Å²) >= 11 is 0. The number of ether oxygens (including phenoxy) is 1. The molecule has 1 atom stereocenters. The molecule has 162 valence electrons. The molecule has 1 amide bonds. The Hall–Kier alpha value is -1.39. The third kappa shape index (κ3) is 7.75. The van der Waals surface area contributed by atoms with Gasteiger partial charge in [0, 0.05) is 51.7 Å². The van der Waals surface area contributed by atoms with Crippen molar-refractivity contribution in [3.63, 3.8) is 0 Å². The molecule has 2 heterocycles. The summed E-state index contributed by atoms with van der Waals surface area (Å²) in [5.41, 5.74) is 1.11. The van der Waals surface area contributed by atoms with Crippen LogP contribution in [0, 0.1) is 0 Å². The van der Waals surface area contributed by atoms with Gasteiger partial charge in [0.25, 0.3) is 0 Å². The lowest BCUT2D eigenvalue weighted by Crippen LogP contribution is -2.46. The number of amides is 1. The van der Waals surface area contributed by atoms with Gasteiger partial charge in [-0.15, -0.1) is 24.0 Å². The molecule has 0 aliphatic carbocycles. The highest BCUT2D eigenvalue weighted by molar-refractivity contribution is 14.0. The SMILES string of the molecule is CCNC(=NCCC(=O)NCc1ccccc1)N1CCC(N2CCOCC2)C1.I. The first kappa shape index (κ1) is 23.9. The number of guanidine groups is 1. The number of morpholine rings is 1. The first-order valence-corrected chi connectivity index (χ1v) is 10.4. The number of benzene rings is 1. The fourth-order valence-electron chi connectivity index (χ4n) is 3.75. The summed E-state index contributed by atoms with van der Waals surface area (Å²) in [5.74, 6) is 0.963. The lowest BCUT2D eigenvalue weighted by molar-refractivity contribution is -0.121. The van der Waals surface area contributed by atoms with Crippen molar-refractivity contribution >= 4 is 35.8 Å². The van der Waals surface area contributed by atoms with E-state index in [9.17, 15) is 4.79 Å². The Bertz CT molecular complexity index is 637. The van der Waals surface area contributed by atoms with Crippen LogP contribution in [-0.4, -0.2) is 80.2 Å². The van der Waals surface area contributed by atoms with Crippen LogP contribution in [0.25, 0.3) is 0 Å². The molecule has 2 aliphatic heterocycles. The number of halogens is 1. The summed E-state index contributed by atoms with van der Waals surface area (Å²) in [5, 5.41) is 6.34. The predicted octanol–water partition coefficient (Wildman–Crippen LogP) is 1.68. The summed E-state index contributed by atoms with van der Waals surface area (Å²) in [7, 11) is 0. The molecule has 0 bridgehead atoms. The van der Waals surface area contributed by atoms with E-state index in [0.29, 0.717) is 25.6 Å². The van der Waals surface area contributed by atoms with Gasteiger partial charge in [0.15, 0.2) is 5.96 Å². The van der Waals surface area contributed by atoms with E-state index >= 15 is 0 Å². The minimum absolute atomic E-state index is 0. The fourth-order valence-corrected chi connectivity index (χ4v) is 3.75. The van der Waals surface area contributed by atoms with Crippen LogP contribution in [0.1, 0.15) is 25.3 Å². The van der Waals surface area contributed by atoms with E-state index in [2.05, 4.69) is 27.4 Å². The van der Waals surface area contributed by atoms with Gasteiger partial charge in [-0.2, -0.15) is 0 Å². The molecule has 2 saturated heterocycles.